The first-order valence-corrected chi connectivity index (χ1v) is 6.39. The van der Waals surface area contributed by atoms with E-state index in [4.69, 9.17) is 11.6 Å². The summed E-state index contributed by atoms with van der Waals surface area (Å²) in [4.78, 5) is 12.1. The second-order valence-corrected chi connectivity index (χ2v) is 4.56. The van der Waals surface area contributed by atoms with Crippen molar-refractivity contribution in [2.45, 2.75) is 12.8 Å². The Morgan fingerprint density at radius 1 is 1.26 bits per heavy atom. The van der Waals surface area contributed by atoms with Gasteiger partial charge in [0.05, 0.1) is 0 Å². The van der Waals surface area contributed by atoms with Crippen LogP contribution in [0.3, 0.4) is 0 Å². The molecule has 98 valence electrons. The summed E-state index contributed by atoms with van der Waals surface area (Å²) < 4.78 is 0. The number of aromatic hydroxyl groups is 1. The lowest BCUT2D eigenvalue weighted by molar-refractivity contribution is 0.102. The number of nitrogens with one attached hydrogen (secondary N) is 1. The zero-order valence-corrected chi connectivity index (χ0v) is 11.2. The van der Waals surface area contributed by atoms with Crippen LogP contribution in [0.5, 0.6) is 5.75 Å². The molecule has 4 heteroatoms. The molecule has 0 unspecified atom stereocenters. The lowest BCUT2D eigenvalue weighted by Crippen LogP contribution is -2.12. The molecule has 0 saturated carbocycles. The van der Waals surface area contributed by atoms with Crippen LogP contribution in [-0.4, -0.2) is 11.0 Å². The number of carbonyl (C=O) groups is 1. The number of anilines is 1. The van der Waals surface area contributed by atoms with Gasteiger partial charge in [-0.25, -0.2) is 0 Å². The predicted molar refractivity (Wildman–Crippen MR) is 76.8 cm³/mol. The number of phenolic OH excluding ortho intramolecular Hbond substituents is 1. The number of amides is 1. The van der Waals surface area contributed by atoms with Crippen LogP contribution < -0.4 is 5.32 Å². The summed E-state index contributed by atoms with van der Waals surface area (Å²) in [6.07, 6.45) is 0. The van der Waals surface area contributed by atoms with Gasteiger partial charge in [0.15, 0.2) is 0 Å². The third-order valence-corrected chi connectivity index (χ3v) is 3.11. The molecule has 0 heterocycles. The molecule has 0 saturated heterocycles. The highest BCUT2D eigenvalue weighted by atomic mass is 35.5. The molecule has 2 aromatic carbocycles. The topological polar surface area (TPSA) is 49.3 Å². The van der Waals surface area contributed by atoms with Gasteiger partial charge in [-0.1, -0.05) is 12.1 Å². The number of aryl methyl sites for hydroxylation is 1. The zero-order chi connectivity index (χ0) is 13.8. The maximum atomic E-state index is 12.1. The number of rotatable bonds is 3. The van der Waals surface area contributed by atoms with Crippen LogP contribution in [0.4, 0.5) is 5.69 Å². The van der Waals surface area contributed by atoms with E-state index in [0.29, 0.717) is 22.7 Å². The fourth-order valence-corrected chi connectivity index (χ4v) is 1.90. The molecule has 2 N–H and O–H groups in total. The van der Waals surface area contributed by atoms with E-state index in [-0.39, 0.29) is 11.7 Å². The van der Waals surface area contributed by atoms with Gasteiger partial charge in [0.2, 0.25) is 0 Å². The molecule has 3 nitrogen and oxygen atoms in total. The van der Waals surface area contributed by atoms with Gasteiger partial charge in [0.25, 0.3) is 5.91 Å². The molecule has 0 atom stereocenters. The number of alkyl halides is 1. The lowest BCUT2D eigenvalue weighted by atomic mass is 10.1. The fourth-order valence-electron chi connectivity index (χ4n) is 1.73. The Bertz CT molecular complexity index is 611. The van der Waals surface area contributed by atoms with Crippen LogP contribution in [0, 0.1) is 6.92 Å². The van der Waals surface area contributed by atoms with E-state index in [2.05, 4.69) is 5.32 Å². The Morgan fingerprint density at radius 3 is 2.74 bits per heavy atom. The summed E-state index contributed by atoms with van der Waals surface area (Å²) in [7, 11) is 0. The third-order valence-electron chi connectivity index (χ3n) is 2.80. The second kappa shape index (κ2) is 5.76. The summed E-state index contributed by atoms with van der Waals surface area (Å²) in [5.74, 6) is 0.373. The fraction of sp³-hybridized carbons (Fsp3) is 0.133. The Morgan fingerprint density at radius 2 is 2.05 bits per heavy atom. The van der Waals surface area contributed by atoms with Crippen LogP contribution in [0.2, 0.25) is 0 Å². The van der Waals surface area contributed by atoms with Crippen molar-refractivity contribution in [2.24, 2.45) is 0 Å². The van der Waals surface area contributed by atoms with E-state index < -0.39 is 0 Å². The van der Waals surface area contributed by atoms with Gasteiger partial charge in [-0.15, -0.1) is 11.6 Å². The van der Waals surface area contributed by atoms with Crippen LogP contribution >= 0.6 is 11.6 Å². The number of phenols is 1. The molecule has 0 radical (unpaired) electrons. The van der Waals surface area contributed by atoms with Gasteiger partial charge in [-0.3, -0.25) is 4.79 Å². The van der Waals surface area contributed by atoms with Crippen LogP contribution in [0.1, 0.15) is 21.5 Å². The van der Waals surface area contributed by atoms with E-state index in [0.717, 1.165) is 5.56 Å². The van der Waals surface area contributed by atoms with E-state index in [9.17, 15) is 9.90 Å². The van der Waals surface area contributed by atoms with Crippen molar-refractivity contribution in [3.8, 4) is 5.75 Å². The average molecular weight is 276 g/mol. The van der Waals surface area contributed by atoms with Crippen molar-refractivity contribution in [2.75, 3.05) is 5.32 Å². The number of hydrogen-bond acceptors (Lipinski definition) is 2. The lowest BCUT2D eigenvalue weighted by Gasteiger charge is -2.07. The van der Waals surface area contributed by atoms with Crippen molar-refractivity contribution in [1.82, 2.24) is 0 Å². The second-order valence-electron chi connectivity index (χ2n) is 4.29. The minimum absolute atomic E-state index is 0.181. The molecule has 0 bridgehead atoms. The minimum atomic E-state index is -0.213. The highest BCUT2D eigenvalue weighted by molar-refractivity contribution is 6.17. The maximum Gasteiger partial charge on any atom is 0.255 e. The van der Waals surface area contributed by atoms with Crippen molar-refractivity contribution in [1.29, 1.82) is 0 Å². The highest BCUT2D eigenvalue weighted by Crippen LogP contribution is 2.18. The molecule has 0 spiro atoms. The van der Waals surface area contributed by atoms with Gasteiger partial charge in [-0.2, -0.15) is 0 Å². The molecule has 1 amide bonds. The normalized spacial score (nSPS) is 10.2. The Kier molecular flexibility index (Phi) is 4.07. The predicted octanol–water partition coefficient (Wildman–Crippen LogP) is 3.69. The molecule has 2 aromatic rings. The van der Waals surface area contributed by atoms with Crippen molar-refractivity contribution in [3.05, 3.63) is 59.2 Å². The summed E-state index contributed by atoms with van der Waals surface area (Å²) in [6.45, 7) is 1.75. The van der Waals surface area contributed by atoms with Gasteiger partial charge in [0.1, 0.15) is 5.75 Å². The quantitative estimate of drug-likeness (QED) is 0.839. The molecule has 0 fully saturated rings. The van der Waals surface area contributed by atoms with Crippen LogP contribution in [0.25, 0.3) is 0 Å². The minimum Gasteiger partial charge on any atom is -0.508 e. The number of benzene rings is 2. The average Bonchev–Trinajstić information content (AvgIpc) is 2.42. The largest absolute Gasteiger partial charge is 0.508 e. The first-order chi connectivity index (χ1) is 9.10. The summed E-state index contributed by atoms with van der Waals surface area (Å²) in [5.41, 5.74) is 2.82. The van der Waals surface area contributed by atoms with Crippen LogP contribution in [-0.2, 0) is 5.88 Å². The van der Waals surface area contributed by atoms with E-state index in [1.165, 1.54) is 6.07 Å². The summed E-state index contributed by atoms with van der Waals surface area (Å²) in [5, 5.41) is 12.2. The smallest absolute Gasteiger partial charge is 0.255 e. The third kappa shape index (κ3) is 3.26. The summed E-state index contributed by atoms with van der Waals surface area (Å²) in [6, 6.07) is 12.1. The summed E-state index contributed by atoms with van der Waals surface area (Å²) >= 11 is 5.75. The molecule has 0 aliphatic rings. The number of carbonyl (C=O) groups excluding carboxylic acids is 1. The van der Waals surface area contributed by atoms with Gasteiger partial charge in [-0.05, 0) is 48.4 Å². The zero-order valence-electron chi connectivity index (χ0n) is 10.5. The molecular weight excluding hydrogens is 262 g/mol. The Hall–Kier alpha value is -2.00. The number of hydrogen-bond donors (Lipinski definition) is 2. The Labute approximate surface area is 116 Å². The molecule has 0 aliphatic heterocycles. The highest BCUT2D eigenvalue weighted by Gasteiger charge is 2.08. The van der Waals surface area contributed by atoms with Crippen molar-refractivity contribution < 1.29 is 9.90 Å². The van der Waals surface area contributed by atoms with Crippen molar-refractivity contribution >= 4 is 23.2 Å². The standard InChI is InChI=1S/C15H14ClNO2/c1-10-7-12(5-6-14(10)18)15(19)17-13-4-2-3-11(8-13)9-16/h2-8,18H,9H2,1H3,(H,17,19). The van der Waals surface area contributed by atoms with Crippen LogP contribution in [0.15, 0.2) is 42.5 Å². The Balaban J connectivity index is 2.18. The molecular formula is C15H14ClNO2. The van der Waals surface area contributed by atoms with E-state index in [1.807, 2.05) is 18.2 Å². The number of halogens is 1. The molecule has 19 heavy (non-hydrogen) atoms. The van der Waals surface area contributed by atoms with Gasteiger partial charge in [0, 0.05) is 17.1 Å². The van der Waals surface area contributed by atoms with Gasteiger partial charge >= 0.3 is 0 Å². The van der Waals surface area contributed by atoms with Gasteiger partial charge < -0.3 is 10.4 Å². The molecule has 0 aromatic heterocycles. The first kappa shape index (κ1) is 13.4. The van der Waals surface area contributed by atoms with E-state index in [1.54, 1.807) is 25.1 Å². The molecule has 0 aliphatic carbocycles. The SMILES string of the molecule is Cc1cc(C(=O)Nc2cccc(CCl)c2)ccc1O. The van der Waals surface area contributed by atoms with E-state index >= 15 is 0 Å². The molecule has 2 rings (SSSR count). The van der Waals surface area contributed by atoms with Crippen molar-refractivity contribution in [3.63, 3.8) is 0 Å². The monoisotopic (exact) mass is 275 g/mol. The maximum absolute atomic E-state index is 12.1. The first-order valence-electron chi connectivity index (χ1n) is 5.86.